The van der Waals surface area contributed by atoms with Gasteiger partial charge in [0.1, 0.15) is 11.5 Å². The quantitative estimate of drug-likeness (QED) is 0.167. The highest BCUT2D eigenvalue weighted by atomic mass is 16.5. The first-order valence-electron chi connectivity index (χ1n) is 14.1. The van der Waals surface area contributed by atoms with Crippen LogP contribution in [0.2, 0.25) is 0 Å². The van der Waals surface area contributed by atoms with E-state index in [-0.39, 0.29) is 6.42 Å². The fourth-order valence-electron chi connectivity index (χ4n) is 4.65. The molecule has 2 aromatic heterocycles. The highest BCUT2D eigenvalue weighted by Crippen LogP contribution is 2.34. The normalized spacial score (nSPS) is 11.2. The molecule has 0 bridgehead atoms. The van der Waals surface area contributed by atoms with Gasteiger partial charge in [-0.15, -0.1) is 0 Å². The Kier molecular flexibility index (Phi) is 10.5. The third kappa shape index (κ3) is 8.40. The lowest BCUT2D eigenvalue weighted by Gasteiger charge is -2.27. The Bertz CT molecular complexity index is 1420. The van der Waals surface area contributed by atoms with E-state index in [0.717, 1.165) is 84.1 Å². The van der Waals surface area contributed by atoms with Gasteiger partial charge >= 0.3 is 5.97 Å². The highest BCUT2D eigenvalue weighted by Gasteiger charge is 2.15. The molecule has 0 saturated carbocycles. The second-order valence-corrected chi connectivity index (χ2v) is 10.3. The molecule has 0 amide bonds. The van der Waals surface area contributed by atoms with Crippen LogP contribution >= 0.6 is 0 Å². The van der Waals surface area contributed by atoms with E-state index < -0.39 is 5.97 Å². The molecule has 0 aliphatic rings. The fourth-order valence-corrected chi connectivity index (χ4v) is 4.65. The predicted octanol–water partition coefficient (Wildman–Crippen LogP) is 5.68. The number of nitrogens with one attached hydrogen (secondary N) is 1. The van der Waals surface area contributed by atoms with Crippen LogP contribution in [0.5, 0.6) is 11.5 Å². The van der Waals surface area contributed by atoms with Crippen molar-refractivity contribution in [2.24, 2.45) is 0 Å². The van der Waals surface area contributed by atoms with Crippen molar-refractivity contribution in [3.8, 4) is 22.8 Å². The van der Waals surface area contributed by atoms with Crippen LogP contribution in [0, 0.1) is 0 Å². The number of carboxylic acid groups (broad SMARTS) is 1. The smallest absolute Gasteiger partial charge is 0.303 e. The molecule has 218 valence electrons. The van der Waals surface area contributed by atoms with Crippen LogP contribution in [-0.2, 0) is 11.3 Å². The third-order valence-electron chi connectivity index (χ3n) is 6.83. The van der Waals surface area contributed by atoms with Crippen molar-refractivity contribution in [2.45, 2.75) is 58.5 Å². The van der Waals surface area contributed by atoms with E-state index in [2.05, 4.69) is 46.3 Å². The number of hydrogen-bond donors (Lipinski definition) is 2. The van der Waals surface area contributed by atoms with Crippen LogP contribution in [0.3, 0.4) is 0 Å². The van der Waals surface area contributed by atoms with Gasteiger partial charge in [0, 0.05) is 73.4 Å². The van der Waals surface area contributed by atoms with E-state index in [4.69, 9.17) is 19.6 Å². The van der Waals surface area contributed by atoms with Crippen LogP contribution in [0.4, 0.5) is 11.4 Å². The summed E-state index contributed by atoms with van der Waals surface area (Å²) in [5.41, 5.74) is 5.23. The molecule has 0 aliphatic carbocycles. The van der Waals surface area contributed by atoms with Crippen molar-refractivity contribution >= 4 is 28.4 Å². The maximum Gasteiger partial charge on any atom is 0.303 e. The molecule has 4 aromatic rings. The van der Waals surface area contributed by atoms with Gasteiger partial charge in [0.2, 0.25) is 0 Å². The zero-order valence-corrected chi connectivity index (χ0v) is 24.3. The molecule has 10 heteroatoms. The summed E-state index contributed by atoms with van der Waals surface area (Å²) in [5.74, 6) is 0.712. The molecule has 41 heavy (non-hydrogen) atoms. The molecule has 0 aliphatic heterocycles. The summed E-state index contributed by atoms with van der Waals surface area (Å²) in [6, 6.07) is 12.4. The second-order valence-electron chi connectivity index (χ2n) is 10.3. The number of nitrogens with zero attached hydrogens (tertiary/aromatic N) is 5. The summed E-state index contributed by atoms with van der Waals surface area (Å²) in [5, 5.41) is 16.8. The number of carbonyl (C=O) groups is 1. The molecule has 0 saturated heterocycles. The van der Waals surface area contributed by atoms with E-state index in [0.29, 0.717) is 12.5 Å². The molecule has 0 unspecified atom stereocenters. The van der Waals surface area contributed by atoms with Gasteiger partial charge in [0.15, 0.2) is 0 Å². The number of carboxylic acids is 1. The Labute approximate surface area is 241 Å². The maximum absolute atomic E-state index is 10.7. The molecular weight excluding hydrogens is 520 g/mol. The Hall–Kier alpha value is -4.18. The minimum Gasteiger partial charge on any atom is -0.497 e. The lowest BCUT2D eigenvalue weighted by Crippen LogP contribution is -2.32. The van der Waals surface area contributed by atoms with Crippen molar-refractivity contribution in [3.05, 3.63) is 55.0 Å². The first-order valence-corrected chi connectivity index (χ1v) is 14.1. The number of fused-ring (bicyclic) bond motifs is 1. The first kappa shape index (κ1) is 29.8. The number of benzene rings is 2. The molecule has 0 fully saturated rings. The van der Waals surface area contributed by atoms with Crippen LogP contribution in [0.1, 0.15) is 46.0 Å². The Morgan fingerprint density at radius 3 is 2.44 bits per heavy atom. The monoisotopic (exact) mass is 560 g/mol. The van der Waals surface area contributed by atoms with Gasteiger partial charge in [0.25, 0.3) is 0 Å². The van der Waals surface area contributed by atoms with Crippen LogP contribution in [-0.4, -0.2) is 64.2 Å². The van der Waals surface area contributed by atoms with Crippen molar-refractivity contribution in [1.29, 1.82) is 0 Å². The number of aromatic nitrogens is 4. The van der Waals surface area contributed by atoms with Crippen molar-refractivity contribution in [3.63, 3.8) is 0 Å². The van der Waals surface area contributed by atoms with E-state index >= 15 is 0 Å². The van der Waals surface area contributed by atoms with E-state index in [9.17, 15) is 4.79 Å². The Morgan fingerprint density at radius 1 is 0.976 bits per heavy atom. The first-order chi connectivity index (χ1) is 19.9. The second kappa shape index (κ2) is 14.5. The molecule has 0 spiro atoms. The molecule has 0 atom stereocenters. The van der Waals surface area contributed by atoms with E-state index in [1.54, 1.807) is 20.4 Å². The van der Waals surface area contributed by atoms with E-state index in [1.807, 2.05) is 41.3 Å². The minimum atomic E-state index is -0.735. The van der Waals surface area contributed by atoms with Crippen LogP contribution in [0.15, 0.2) is 55.0 Å². The zero-order chi connectivity index (χ0) is 29.2. The van der Waals surface area contributed by atoms with Crippen molar-refractivity contribution in [2.75, 3.05) is 32.2 Å². The molecule has 4 rings (SSSR count). The van der Waals surface area contributed by atoms with Gasteiger partial charge in [-0.25, -0.2) is 4.98 Å². The zero-order valence-electron chi connectivity index (χ0n) is 24.3. The fraction of sp³-hybridized carbons (Fsp3) is 0.419. The van der Waals surface area contributed by atoms with Gasteiger partial charge in [-0.05, 0) is 31.0 Å². The Morgan fingerprint density at radius 2 is 1.73 bits per heavy atom. The largest absolute Gasteiger partial charge is 0.497 e. The molecule has 2 N–H and O–H groups in total. The summed E-state index contributed by atoms with van der Waals surface area (Å²) < 4.78 is 13.0. The number of methoxy groups -OCH3 is 2. The van der Waals surface area contributed by atoms with E-state index in [1.165, 1.54) is 0 Å². The van der Waals surface area contributed by atoms with Crippen molar-refractivity contribution < 1.29 is 19.4 Å². The lowest BCUT2D eigenvalue weighted by atomic mass is 10.1. The molecule has 10 nitrogen and oxygen atoms in total. The predicted molar refractivity (Wildman–Crippen MR) is 161 cm³/mol. The van der Waals surface area contributed by atoms with Gasteiger partial charge in [-0.1, -0.05) is 26.7 Å². The summed E-state index contributed by atoms with van der Waals surface area (Å²) in [7, 11) is 3.31. The van der Waals surface area contributed by atoms with Crippen LogP contribution in [0.25, 0.3) is 22.3 Å². The maximum atomic E-state index is 10.7. The number of aliphatic carboxylic acids is 1. The van der Waals surface area contributed by atoms with Crippen LogP contribution < -0.4 is 19.7 Å². The number of hydrogen-bond acceptors (Lipinski definition) is 8. The summed E-state index contributed by atoms with van der Waals surface area (Å²) >= 11 is 0. The summed E-state index contributed by atoms with van der Waals surface area (Å²) in [6.45, 7) is 6.57. The topological polar surface area (TPSA) is 115 Å². The highest BCUT2D eigenvalue weighted by molar-refractivity contribution is 5.82. The van der Waals surface area contributed by atoms with Gasteiger partial charge in [-0.3, -0.25) is 14.5 Å². The average molecular weight is 561 g/mol. The third-order valence-corrected chi connectivity index (χ3v) is 6.83. The number of anilines is 2. The molecule has 2 aromatic carbocycles. The molecular formula is C31H40N6O4. The number of aryl methyl sites for hydroxylation is 1. The molecule has 2 heterocycles. The molecule has 0 radical (unpaired) electrons. The van der Waals surface area contributed by atoms with Crippen molar-refractivity contribution in [1.82, 2.24) is 25.1 Å². The number of rotatable bonds is 16. The van der Waals surface area contributed by atoms with Gasteiger partial charge in [0.05, 0.1) is 43.3 Å². The lowest BCUT2D eigenvalue weighted by molar-refractivity contribution is -0.137. The summed E-state index contributed by atoms with van der Waals surface area (Å²) in [4.78, 5) is 22.5. The van der Waals surface area contributed by atoms with Gasteiger partial charge in [-0.2, -0.15) is 5.10 Å². The number of ether oxygens (including phenoxy) is 2. The minimum absolute atomic E-state index is 0.231. The number of unbranched alkanes of at least 4 members (excludes halogenated alkanes) is 3. The Balaban J connectivity index is 1.55. The van der Waals surface area contributed by atoms with Gasteiger partial charge < -0.3 is 24.8 Å². The standard InChI is InChI=1S/C31H40N6O4/c1-22(2)32-12-14-37(25-15-26(40-3)18-27(16-25)41-4)24-10-11-28-29(17-24)35-30(20-33-28)23-19-34-36(21-23)13-8-6-5-7-9-31(38)39/h10-11,15-22,32H,5-9,12-14H2,1-4H3,(H,38,39). The summed E-state index contributed by atoms with van der Waals surface area (Å²) in [6.07, 6.45) is 9.37. The average Bonchev–Trinajstić information content (AvgIpc) is 3.45. The SMILES string of the molecule is COc1cc(OC)cc(N(CCNC(C)C)c2ccc3ncc(-c4cnn(CCCCCCC(=O)O)c4)nc3c2)c1.